The highest BCUT2D eigenvalue weighted by molar-refractivity contribution is 7.99. The van der Waals surface area contributed by atoms with Crippen molar-refractivity contribution in [2.24, 2.45) is 4.99 Å². The molecule has 1 rings (SSSR count). The van der Waals surface area contributed by atoms with Crippen LogP contribution in [0.25, 0.3) is 0 Å². The molecule has 0 heterocycles. The van der Waals surface area contributed by atoms with E-state index in [0.717, 1.165) is 4.90 Å². The van der Waals surface area contributed by atoms with E-state index in [-0.39, 0.29) is 0 Å². The molecule has 1 aromatic rings. The molecule has 0 saturated heterocycles. The third-order valence-corrected chi connectivity index (χ3v) is 2.98. The van der Waals surface area contributed by atoms with Crippen molar-refractivity contribution in [3.8, 4) is 11.5 Å². The van der Waals surface area contributed by atoms with E-state index >= 15 is 0 Å². The molecule has 0 radical (unpaired) electrons. The minimum absolute atomic E-state index is 0.460. The van der Waals surface area contributed by atoms with Crippen molar-refractivity contribution in [2.75, 3.05) is 20.1 Å². The molecule has 0 aliphatic rings. The average Bonchev–Trinajstić information content (AvgIpc) is 2.38. The van der Waals surface area contributed by atoms with E-state index in [1.807, 2.05) is 0 Å². The maximum atomic E-state index is 10.2. The Kier molecular flexibility index (Phi) is 5.35. The Hall–Kier alpha value is -1.69. The fourth-order valence-electron chi connectivity index (χ4n) is 1.24. The van der Waals surface area contributed by atoms with Gasteiger partial charge in [-0.1, -0.05) is 0 Å². The minimum atomic E-state index is 0.460. The summed E-state index contributed by atoms with van der Waals surface area (Å²) in [5.41, 5.74) is 0.695. The van der Waals surface area contributed by atoms with Gasteiger partial charge in [-0.2, -0.15) is 0 Å². The number of nitrogens with one attached hydrogen (secondary N) is 1. The molecule has 0 aromatic heterocycles. The largest absolute Gasteiger partial charge is 0.493 e. The fraction of sp³-hybridized carbons (Fsp3) is 0.273. The van der Waals surface area contributed by atoms with E-state index in [1.54, 1.807) is 26.4 Å². The zero-order valence-corrected chi connectivity index (χ0v) is 10.5. The Morgan fingerprint density at radius 1 is 1.41 bits per heavy atom. The lowest BCUT2D eigenvalue weighted by Crippen LogP contribution is -2.08. The number of methoxy groups -OCH3 is 2. The smallest absolute Gasteiger partial charge is 0.207 e. The van der Waals surface area contributed by atoms with Crippen LogP contribution in [-0.2, 0) is 4.79 Å². The Balaban J connectivity index is 3.01. The van der Waals surface area contributed by atoms with Crippen molar-refractivity contribution in [1.82, 2.24) is 5.32 Å². The normalized spacial score (nSPS) is 9.53. The summed E-state index contributed by atoms with van der Waals surface area (Å²) in [6, 6.07) is 3.55. The number of hydrogen-bond acceptors (Lipinski definition) is 5. The average molecular weight is 254 g/mol. The summed E-state index contributed by atoms with van der Waals surface area (Å²) >= 11 is 1.43. The molecular weight excluding hydrogens is 240 g/mol. The summed E-state index contributed by atoms with van der Waals surface area (Å²) in [6.45, 7) is 3.50. The number of ether oxygens (including phenoxy) is 2. The van der Waals surface area contributed by atoms with Crippen LogP contribution in [0.1, 0.15) is 0 Å². The van der Waals surface area contributed by atoms with Crippen LogP contribution in [0.4, 0.5) is 5.69 Å². The van der Waals surface area contributed by atoms with Crippen molar-refractivity contribution in [2.45, 2.75) is 4.90 Å². The zero-order valence-electron chi connectivity index (χ0n) is 9.73. The van der Waals surface area contributed by atoms with Gasteiger partial charge in [0, 0.05) is 11.0 Å². The molecule has 0 aliphatic heterocycles. The van der Waals surface area contributed by atoms with E-state index < -0.39 is 0 Å². The summed E-state index contributed by atoms with van der Waals surface area (Å²) in [5, 5.41) is 2.56. The van der Waals surface area contributed by atoms with E-state index in [1.165, 1.54) is 11.8 Å². The minimum Gasteiger partial charge on any atom is -0.493 e. The van der Waals surface area contributed by atoms with Gasteiger partial charge >= 0.3 is 0 Å². The van der Waals surface area contributed by atoms with Gasteiger partial charge in [0.15, 0.2) is 11.5 Å². The first-order valence-corrected chi connectivity index (χ1v) is 5.78. The number of nitrogens with zero attached hydrogens (tertiary/aromatic N) is 1. The van der Waals surface area contributed by atoms with Gasteiger partial charge in [-0.25, -0.2) is 0 Å². The van der Waals surface area contributed by atoms with Gasteiger partial charge in [0.25, 0.3) is 0 Å². The lowest BCUT2D eigenvalue weighted by atomic mass is 10.3. The van der Waals surface area contributed by atoms with Crippen LogP contribution in [0.3, 0.4) is 0 Å². The van der Waals surface area contributed by atoms with Crippen LogP contribution in [0.15, 0.2) is 22.0 Å². The summed E-state index contributed by atoms with van der Waals surface area (Å²) in [7, 11) is 3.13. The molecule has 6 heteroatoms. The summed E-state index contributed by atoms with van der Waals surface area (Å²) in [5.74, 6) is 1.68. The standard InChI is InChI=1S/C11H14N2O3S/c1-12-8-4-9(15-2)10(16-3)5-11(8)17-7-13-6-14/h4-6H,1,7H2,2-3H3,(H,13,14). The van der Waals surface area contributed by atoms with Crippen LogP contribution >= 0.6 is 11.8 Å². The van der Waals surface area contributed by atoms with Crippen molar-refractivity contribution < 1.29 is 14.3 Å². The van der Waals surface area contributed by atoms with Crippen LogP contribution in [0, 0.1) is 0 Å². The van der Waals surface area contributed by atoms with Crippen molar-refractivity contribution in [1.29, 1.82) is 0 Å². The number of carbonyl (C=O) groups is 1. The molecule has 1 N–H and O–H groups in total. The molecule has 0 unspecified atom stereocenters. The van der Waals surface area contributed by atoms with Crippen LogP contribution < -0.4 is 14.8 Å². The quantitative estimate of drug-likeness (QED) is 0.265. The highest BCUT2D eigenvalue weighted by Crippen LogP contribution is 2.39. The molecular formula is C11H14N2O3S. The molecule has 0 spiro atoms. The third-order valence-electron chi connectivity index (χ3n) is 2.03. The summed E-state index contributed by atoms with van der Waals surface area (Å²) in [6.07, 6.45) is 0.648. The predicted octanol–water partition coefficient (Wildman–Crippen LogP) is 1.83. The maximum Gasteiger partial charge on any atom is 0.207 e. The lowest BCUT2D eigenvalue weighted by Gasteiger charge is -2.11. The summed E-state index contributed by atoms with van der Waals surface area (Å²) in [4.78, 5) is 14.9. The number of benzene rings is 1. The van der Waals surface area contributed by atoms with Gasteiger partial charge in [-0.15, -0.1) is 11.8 Å². The highest BCUT2D eigenvalue weighted by atomic mass is 32.2. The molecule has 0 atom stereocenters. The monoisotopic (exact) mass is 254 g/mol. The first-order chi connectivity index (χ1) is 8.26. The lowest BCUT2D eigenvalue weighted by molar-refractivity contribution is -0.109. The van der Waals surface area contributed by atoms with E-state index in [2.05, 4.69) is 17.0 Å². The number of thioether (sulfide) groups is 1. The first kappa shape index (κ1) is 13.4. The number of amides is 1. The van der Waals surface area contributed by atoms with Gasteiger partial charge in [0.05, 0.1) is 25.8 Å². The summed E-state index contributed by atoms with van der Waals surface area (Å²) < 4.78 is 10.4. The van der Waals surface area contributed by atoms with Gasteiger partial charge in [0.2, 0.25) is 6.41 Å². The molecule has 0 bridgehead atoms. The van der Waals surface area contributed by atoms with E-state index in [4.69, 9.17) is 9.47 Å². The molecule has 0 aliphatic carbocycles. The topological polar surface area (TPSA) is 59.9 Å². The predicted molar refractivity (Wildman–Crippen MR) is 68.7 cm³/mol. The molecule has 0 fully saturated rings. The second-order valence-electron chi connectivity index (χ2n) is 2.94. The van der Waals surface area contributed by atoms with Gasteiger partial charge in [-0.05, 0) is 12.8 Å². The van der Waals surface area contributed by atoms with Gasteiger partial charge < -0.3 is 14.8 Å². The number of hydrogen-bond donors (Lipinski definition) is 1. The number of aliphatic imine (C=N–C) groups is 1. The Morgan fingerprint density at radius 3 is 2.59 bits per heavy atom. The molecule has 1 amide bonds. The van der Waals surface area contributed by atoms with E-state index in [0.29, 0.717) is 29.5 Å². The molecule has 1 aromatic carbocycles. The highest BCUT2D eigenvalue weighted by Gasteiger charge is 2.10. The Bertz CT molecular complexity index is 410. The first-order valence-electron chi connectivity index (χ1n) is 4.79. The Labute approximate surface area is 104 Å². The van der Waals surface area contributed by atoms with Crippen LogP contribution in [0.2, 0.25) is 0 Å². The van der Waals surface area contributed by atoms with Crippen molar-refractivity contribution in [3.63, 3.8) is 0 Å². The van der Waals surface area contributed by atoms with E-state index in [9.17, 15) is 4.79 Å². The van der Waals surface area contributed by atoms with Crippen LogP contribution in [0.5, 0.6) is 11.5 Å². The number of carbonyl (C=O) groups excluding carboxylic acids is 1. The third kappa shape index (κ3) is 3.39. The van der Waals surface area contributed by atoms with Gasteiger partial charge in [-0.3, -0.25) is 9.79 Å². The fourth-order valence-corrected chi connectivity index (χ4v) is 2.01. The van der Waals surface area contributed by atoms with Crippen LogP contribution in [-0.4, -0.2) is 33.2 Å². The zero-order chi connectivity index (χ0) is 12.7. The maximum absolute atomic E-state index is 10.2. The second kappa shape index (κ2) is 6.80. The Morgan fingerprint density at radius 2 is 2.06 bits per heavy atom. The number of rotatable bonds is 7. The molecule has 17 heavy (non-hydrogen) atoms. The van der Waals surface area contributed by atoms with Crippen molar-refractivity contribution >= 4 is 30.6 Å². The molecule has 92 valence electrons. The SMILES string of the molecule is C=Nc1cc(OC)c(OC)cc1SCNC=O. The molecule has 0 saturated carbocycles. The van der Waals surface area contributed by atoms with Crippen molar-refractivity contribution in [3.05, 3.63) is 12.1 Å². The second-order valence-corrected chi connectivity index (χ2v) is 3.96. The molecule has 5 nitrogen and oxygen atoms in total. The van der Waals surface area contributed by atoms with Gasteiger partial charge in [0.1, 0.15) is 0 Å².